The summed E-state index contributed by atoms with van der Waals surface area (Å²) in [6.45, 7) is 6.21. The van der Waals surface area contributed by atoms with Crippen molar-refractivity contribution in [3.05, 3.63) is 28.2 Å². The molecule has 19 heavy (non-hydrogen) atoms. The Bertz CT molecular complexity index is 450. The maximum absolute atomic E-state index is 5.94. The highest BCUT2D eigenvalue weighted by Crippen LogP contribution is 2.31. The molecule has 0 aliphatic carbocycles. The second-order valence-corrected chi connectivity index (χ2v) is 6.53. The van der Waals surface area contributed by atoms with Gasteiger partial charge in [-0.2, -0.15) is 0 Å². The van der Waals surface area contributed by atoms with E-state index in [1.54, 1.807) is 7.11 Å². The predicted molar refractivity (Wildman–Crippen MR) is 83.6 cm³/mol. The smallest absolute Gasteiger partial charge is 0.0825 e. The third-order valence-corrected chi connectivity index (χ3v) is 4.68. The van der Waals surface area contributed by atoms with Crippen molar-refractivity contribution >= 4 is 21.6 Å². The third-order valence-electron chi connectivity index (χ3n) is 3.99. The van der Waals surface area contributed by atoms with Crippen LogP contribution in [-0.2, 0) is 4.74 Å². The number of piperidine rings is 1. The molecule has 0 aromatic heterocycles. The number of nitrogens with zero attached hydrogens (tertiary/aromatic N) is 1. The Hall–Kier alpha value is -0.580. The highest BCUT2D eigenvalue weighted by atomic mass is 79.9. The maximum Gasteiger partial charge on any atom is 0.0825 e. The summed E-state index contributed by atoms with van der Waals surface area (Å²) in [4.78, 5) is 2.39. The molecule has 4 heteroatoms. The van der Waals surface area contributed by atoms with E-state index in [0.29, 0.717) is 0 Å². The molecule has 1 heterocycles. The number of rotatable bonds is 3. The van der Waals surface area contributed by atoms with Crippen molar-refractivity contribution in [3.63, 3.8) is 0 Å². The number of hydrogen-bond acceptors (Lipinski definition) is 3. The number of benzene rings is 1. The van der Waals surface area contributed by atoms with Crippen LogP contribution in [0.3, 0.4) is 0 Å². The number of methoxy groups -OCH3 is 1. The molecule has 0 bridgehead atoms. The quantitative estimate of drug-likeness (QED) is 0.924. The summed E-state index contributed by atoms with van der Waals surface area (Å²) in [6.07, 6.45) is 2.29. The molecule has 2 N–H and O–H groups in total. The molecule has 1 aromatic rings. The van der Waals surface area contributed by atoms with Crippen LogP contribution in [-0.4, -0.2) is 25.8 Å². The number of anilines is 1. The highest BCUT2D eigenvalue weighted by molar-refractivity contribution is 9.10. The largest absolute Gasteiger partial charge is 0.377 e. The summed E-state index contributed by atoms with van der Waals surface area (Å²) in [5.74, 6) is 0. The first-order chi connectivity index (χ1) is 8.95. The molecule has 1 saturated heterocycles. The van der Waals surface area contributed by atoms with Crippen molar-refractivity contribution in [1.82, 2.24) is 0 Å². The minimum absolute atomic E-state index is 0.0371. The Morgan fingerprint density at radius 3 is 2.79 bits per heavy atom. The van der Waals surface area contributed by atoms with Crippen LogP contribution >= 0.6 is 15.9 Å². The second kappa shape index (κ2) is 5.81. The van der Waals surface area contributed by atoms with Crippen molar-refractivity contribution in [2.24, 2.45) is 5.73 Å². The summed E-state index contributed by atoms with van der Waals surface area (Å²) in [5.41, 5.74) is 8.29. The van der Waals surface area contributed by atoms with Gasteiger partial charge in [0.05, 0.1) is 5.60 Å². The molecule has 0 saturated carbocycles. The van der Waals surface area contributed by atoms with Crippen LogP contribution in [0.1, 0.15) is 38.3 Å². The summed E-state index contributed by atoms with van der Waals surface area (Å²) in [7, 11) is 1.80. The van der Waals surface area contributed by atoms with Gasteiger partial charge in [-0.3, -0.25) is 0 Å². The van der Waals surface area contributed by atoms with Crippen molar-refractivity contribution < 1.29 is 4.74 Å². The average molecular weight is 327 g/mol. The van der Waals surface area contributed by atoms with Gasteiger partial charge in [0, 0.05) is 36.4 Å². The summed E-state index contributed by atoms with van der Waals surface area (Å²) in [6, 6.07) is 6.49. The predicted octanol–water partition coefficient (Wildman–Crippen LogP) is 3.47. The second-order valence-electron chi connectivity index (χ2n) is 5.67. The van der Waals surface area contributed by atoms with Gasteiger partial charge in [-0.25, -0.2) is 0 Å². The fourth-order valence-corrected chi connectivity index (χ4v) is 3.40. The SMILES string of the molecule is COC1(C)CCCN(c2ccc([C@@H](C)N)c(Br)c2)C1. The van der Waals surface area contributed by atoms with Crippen LogP contribution in [0.4, 0.5) is 5.69 Å². The van der Waals surface area contributed by atoms with Crippen LogP contribution in [0.15, 0.2) is 22.7 Å². The van der Waals surface area contributed by atoms with Gasteiger partial charge < -0.3 is 15.4 Å². The van der Waals surface area contributed by atoms with E-state index < -0.39 is 0 Å². The van der Waals surface area contributed by atoms with Crippen molar-refractivity contribution in [2.45, 2.75) is 38.3 Å². The Morgan fingerprint density at radius 1 is 1.47 bits per heavy atom. The van der Waals surface area contributed by atoms with Crippen LogP contribution < -0.4 is 10.6 Å². The number of halogens is 1. The van der Waals surface area contributed by atoms with Gasteiger partial charge in [-0.15, -0.1) is 0 Å². The van der Waals surface area contributed by atoms with E-state index in [-0.39, 0.29) is 11.6 Å². The molecule has 1 aliphatic rings. The van der Waals surface area contributed by atoms with Gasteiger partial charge >= 0.3 is 0 Å². The van der Waals surface area contributed by atoms with Gasteiger partial charge in [0.1, 0.15) is 0 Å². The lowest BCUT2D eigenvalue weighted by molar-refractivity contribution is -0.00465. The zero-order chi connectivity index (χ0) is 14.0. The molecule has 0 radical (unpaired) electrons. The molecule has 1 aromatic carbocycles. The van der Waals surface area contributed by atoms with E-state index >= 15 is 0 Å². The third kappa shape index (κ3) is 3.30. The summed E-state index contributed by atoms with van der Waals surface area (Å²) in [5, 5.41) is 0. The van der Waals surface area contributed by atoms with Crippen LogP contribution in [0, 0.1) is 0 Å². The molecule has 2 rings (SSSR count). The van der Waals surface area contributed by atoms with Gasteiger partial charge in [0.15, 0.2) is 0 Å². The lowest BCUT2D eigenvalue weighted by Crippen LogP contribution is -2.47. The van der Waals surface area contributed by atoms with E-state index in [9.17, 15) is 0 Å². The molecular formula is C15H23BrN2O. The zero-order valence-electron chi connectivity index (χ0n) is 11.9. The van der Waals surface area contributed by atoms with E-state index in [2.05, 4.69) is 46.0 Å². The minimum atomic E-state index is -0.0371. The van der Waals surface area contributed by atoms with E-state index in [0.717, 1.165) is 36.0 Å². The fraction of sp³-hybridized carbons (Fsp3) is 0.600. The first-order valence-electron chi connectivity index (χ1n) is 6.80. The minimum Gasteiger partial charge on any atom is -0.377 e. The highest BCUT2D eigenvalue weighted by Gasteiger charge is 2.30. The molecule has 1 unspecified atom stereocenters. The van der Waals surface area contributed by atoms with Crippen LogP contribution in [0.5, 0.6) is 0 Å². The van der Waals surface area contributed by atoms with E-state index in [1.807, 2.05) is 6.92 Å². The van der Waals surface area contributed by atoms with Gasteiger partial charge in [0.2, 0.25) is 0 Å². The van der Waals surface area contributed by atoms with Gasteiger partial charge in [-0.05, 0) is 44.4 Å². The first kappa shape index (κ1) is 14.8. The van der Waals surface area contributed by atoms with Crippen molar-refractivity contribution in [3.8, 4) is 0 Å². The molecule has 1 fully saturated rings. The number of ether oxygens (including phenoxy) is 1. The normalized spacial score (nSPS) is 25.4. The Labute approximate surface area is 124 Å². The Balaban J connectivity index is 2.20. The molecule has 106 valence electrons. The van der Waals surface area contributed by atoms with Crippen LogP contribution in [0.2, 0.25) is 0 Å². The molecular weight excluding hydrogens is 304 g/mol. The molecule has 2 atom stereocenters. The van der Waals surface area contributed by atoms with Crippen molar-refractivity contribution in [1.29, 1.82) is 0 Å². The molecule has 0 spiro atoms. The lowest BCUT2D eigenvalue weighted by Gasteiger charge is -2.40. The topological polar surface area (TPSA) is 38.5 Å². The Kier molecular flexibility index (Phi) is 4.54. The summed E-state index contributed by atoms with van der Waals surface area (Å²) >= 11 is 3.62. The first-order valence-corrected chi connectivity index (χ1v) is 7.59. The maximum atomic E-state index is 5.94. The van der Waals surface area contributed by atoms with Crippen molar-refractivity contribution in [2.75, 3.05) is 25.1 Å². The molecule has 3 nitrogen and oxygen atoms in total. The average Bonchev–Trinajstić information content (AvgIpc) is 2.38. The van der Waals surface area contributed by atoms with Crippen LogP contribution in [0.25, 0.3) is 0 Å². The molecule has 1 aliphatic heterocycles. The molecule has 0 amide bonds. The number of hydrogen-bond donors (Lipinski definition) is 1. The monoisotopic (exact) mass is 326 g/mol. The van der Waals surface area contributed by atoms with Gasteiger partial charge in [-0.1, -0.05) is 22.0 Å². The standard InChI is InChI=1S/C15H23BrN2O/c1-11(17)13-6-5-12(9-14(13)16)18-8-4-7-15(2,10-18)19-3/h5-6,9,11H,4,7-8,10,17H2,1-3H3/t11-,15?/m1/s1. The van der Waals surface area contributed by atoms with E-state index in [1.165, 1.54) is 5.69 Å². The summed E-state index contributed by atoms with van der Waals surface area (Å²) < 4.78 is 6.74. The number of nitrogens with two attached hydrogens (primary N) is 1. The Morgan fingerprint density at radius 2 is 2.21 bits per heavy atom. The van der Waals surface area contributed by atoms with Gasteiger partial charge in [0.25, 0.3) is 0 Å². The van der Waals surface area contributed by atoms with E-state index in [4.69, 9.17) is 10.5 Å². The lowest BCUT2D eigenvalue weighted by atomic mass is 9.94. The fourth-order valence-electron chi connectivity index (χ4n) is 2.67. The zero-order valence-corrected chi connectivity index (χ0v) is 13.5.